The molecule has 2 nitrogen and oxygen atoms in total. The molecule has 0 saturated carbocycles. The topological polar surface area (TPSA) is 28.7 Å². The minimum absolute atomic E-state index is 0. The molecule has 1 N–H and O–H groups in total. The maximum atomic E-state index is 5.60. The van der Waals surface area contributed by atoms with Gasteiger partial charge in [-0.05, 0) is 12.1 Å². The van der Waals surface area contributed by atoms with Crippen molar-refractivity contribution in [3.8, 4) is 0 Å². The predicted octanol–water partition coefficient (Wildman–Crippen LogP) is -0.694. The van der Waals surface area contributed by atoms with Crippen molar-refractivity contribution >= 4 is 22.6 Å². The summed E-state index contributed by atoms with van der Waals surface area (Å²) in [7, 11) is 0. The van der Waals surface area contributed by atoms with Crippen LogP contribution >= 0.6 is 11.6 Å². The standard InChI is InChI=1S/C8H7ClN2.ClH/c9-5-8-10-6-3-1-2-4-7(6)11-8;/h1-4H,5H2,(H,10,11);1H/p-1. The summed E-state index contributed by atoms with van der Waals surface area (Å²) < 4.78 is 0. The van der Waals surface area contributed by atoms with E-state index < -0.39 is 0 Å². The Labute approximate surface area is 81.4 Å². The van der Waals surface area contributed by atoms with Gasteiger partial charge in [0.2, 0.25) is 0 Å². The molecule has 1 heterocycles. The normalized spacial score (nSPS) is 9.75. The SMILES string of the molecule is ClCc1nc2ccccc2[nH]1.[Cl-]. The van der Waals surface area contributed by atoms with Gasteiger partial charge in [-0.2, -0.15) is 0 Å². The second-order valence-corrected chi connectivity index (χ2v) is 2.60. The first-order valence-corrected chi connectivity index (χ1v) is 3.93. The number of aromatic amines is 1. The molecule has 0 saturated heterocycles. The highest BCUT2D eigenvalue weighted by Crippen LogP contribution is 2.10. The number of fused-ring (bicyclic) bond motifs is 1. The molecule has 0 unspecified atom stereocenters. The first-order chi connectivity index (χ1) is 5.40. The molecule has 1 aromatic heterocycles. The molecule has 12 heavy (non-hydrogen) atoms. The summed E-state index contributed by atoms with van der Waals surface area (Å²) in [5, 5.41) is 0. The third kappa shape index (κ3) is 1.54. The smallest absolute Gasteiger partial charge is 0.122 e. The molecule has 0 aliphatic carbocycles. The van der Waals surface area contributed by atoms with E-state index in [-0.39, 0.29) is 12.4 Å². The molecule has 2 aromatic rings. The summed E-state index contributed by atoms with van der Waals surface area (Å²) in [5.41, 5.74) is 2.02. The van der Waals surface area contributed by atoms with E-state index in [0.717, 1.165) is 16.9 Å². The first-order valence-electron chi connectivity index (χ1n) is 3.40. The average molecular weight is 202 g/mol. The number of hydrogen-bond donors (Lipinski definition) is 1. The molecule has 64 valence electrons. The van der Waals surface area contributed by atoms with Crippen LogP contribution in [0.4, 0.5) is 0 Å². The molecule has 0 atom stereocenters. The number of nitrogens with zero attached hydrogens (tertiary/aromatic N) is 1. The molecule has 0 aliphatic rings. The molecule has 0 radical (unpaired) electrons. The summed E-state index contributed by atoms with van der Waals surface area (Å²) in [5.74, 6) is 1.27. The molecule has 1 aromatic carbocycles. The molecule has 4 heteroatoms. The largest absolute Gasteiger partial charge is 1.00 e. The van der Waals surface area contributed by atoms with Gasteiger partial charge in [-0.1, -0.05) is 12.1 Å². The fourth-order valence-electron chi connectivity index (χ4n) is 1.07. The third-order valence-electron chi connectivity index (χ3n) is 1.56. The van der Waals surface area contributed by atoms with Crippen molar-refractivity contribution in [2.75, 3.05) is 0 Å². The minimum Gasteiger partial charge on any atom is -1.00 e. The van der Waals surface area contributed by atoms with E-state index in [0.29, 0.717) is 5.88 Å². The lowest BCUT2D eigenvalue weighted by atomic mass is 10.3. The number of benzene rings is 1. The van der Waals surface area contributed by atoms with Crippen LogP contribution in [-0.2, 0) is 5.88 Å². The first kappa shape index (κ1) is 9.36. The average Bonchev–Trinajstić information content (AvgIpc) is 2.46. The van der Waals surface area contributed by atoms with E-state index in [9.17, 15) is 0 Å². The zero-order chi connectivity index (χ0) is 7.68. The predicted molar refractivity (Wildman–Crippen MR) is 45.7 cm³/mol. The van der Waals surface area contributed by atoms with Crippen LogP contribution in [0.3, 0.4) is 0 Å². The molecule has 2 rings (SSSR count). The summed E-state index contributed by atoms with van der Waals surface area (Å²) >= 11 is 5.60. The van der Waals surface area contributed by atoms with E-state index in [1.165, 1.54) is 0 Å². The number of H-pyrrole nitrogens is 1. The third-order valence-corrected chi connectivity index (χ3v) is 1.82. The number of halogens is 2. The van der Waals surface area contributed by atoms with Crippen LogP contribution in [0.15, 0.2) is 24.3 Å². The van der Waals surface area contributed by atoms with Crippen molar-refractivity contribution in [2.45, 2.75) is 5.88 Å². The van der Waals surface area contributed by atoms with Gasteiger partial charge in [-0.25, -0.2) is 4.98 Å². The van der Waals surface area contributed by atoms with Crippen LogP contribution in [0.1, 0.15) is 5.82 Å². The van der Waals surface area contributed by atoms with Gasteiger partial charge in [-0.3, -0.25) is 0 Å². The fourth-order valence-corrected chi connectivity index (χ4v) is 1.20. The highest BCUT2D eigenvalue weighted by atomic mass is 35.5. The molecule has 0 fully saturated rings. The van der Waals surface area contributed by atoms with Crippen molar-refractivity contribution in [3.05, 3.63) is 30.1 Å². The van der Waals surface area contributed by atoms with Crippen LogP contribution < -0.4 is 12.4 Å². The van der Waals surface area contributed by atoms with Crippen LogP contribution in [0.2, 0.25) is 0 Å². The highest BCUT2D eigenvalue weighted by Gasteiger charge is 1.98. The van der Waals surface area contributed by atoms with Crippen molar-refractivity contribution in [3.63, 3.8) is 0 Å². The molecule has 0 bridgehead atoms. The van der Waals surface area contributed by atoms with Gasteiger partial charge in [0.1, 0.15) is 5.82 Å². The second kappa shape index (κ2) is 3.78. The number of rotatable bonds is 1. The fraction of sp³-hybridized carbons (Fsp3) is 0.125. The molecular formula is C8H7Cl2N2-. The van der Waals surface area contributed by atoms with Crippen molar-refractivity contribution in [1.29, 1.82) is 0 Å². The monoisotopic (exact) mass is 201 g/mol. The number of hydrogen-bond acceptors (Lipinski definition) is 1. The summed E-state index contributed by atoms with van der Waals surface area (Å²) in [4.78, 5) is 7.35. The van der Waals surface area contributed by atoms with E-state index in [4.69, 9.17) is 11.6 Å². The van der Waals surface area contributed by atoms with Crippen LogP contribution in [0, 0.1) is 0 Å². The van der Waals surface area contributed by atoms with Crippen molar-refractivity contribution in [1.82, 2.24) is 9.97 Å². The maximum Gasteiger partial charge on any atom is 0.122 e. The Balaban J connectivity index is 0.000000720. The van der Waals surface area contributed by atoms with E-state index in [1.807, 2.05) is 24.3 Å². The van der Waals surface area contributed by atoms with Gasteiger partial charge < -0.3 is 17.4 Å². The lowest BCUT2D eigenvalue weighted by molar-refractivity contribution is -0.00000233. The van der Waals surface area contributed by atoms with Gasteiger partial charge in [-0.15, -0.1) is 11.6 Å². The van der Waals surface area contributed by atoms with E-state index in [1.54, 1.807) is 0 Å². The Morgan fingerprint density at radius 3 is 2.75 bits per heavy atom. The highest BCUT2D eigenvalue weighted by molar-refractivity contribution is 6.16. The Morgan fingerprint density at radius 2 is 2.08 bits per heavy atom. The molecule has 0 aliphatic heterocycles. The van der Waals surface area contributed by atoms with Crippen molar-refractivity contribution < 1.29 is 12.4 Å². The summed E-state index contributed by atoms with van der Waals surface area (Å²) in [6.45, 7) is 0. The maximum absolute atomic E-state index is 5.60. The number of nitrogens with one attached hydrogen (secondary N) is 1. The minimum atomic E-state index is 0. The lowest BCUT2D eigenvalue weighted by Gasteiger charge is -1.81. The number of alkyl halides is 1. The van der Waals surface area contributed by atoms with Gasteiger partial charge in [0.25, 0.3) is 0 Å². The van der Waals surface area contributed by atoms with Crippen LogP contribution in [-0.4, -0.2) is 9.97 Å². The van der Waals surface area contributed by atoms with Gasteiger partial charge in [0.15, 0.2) is 0 Å². The van der Waals surface area contributed by atoms with Crippen LogP contribution in [0.5, 0.6) is 0 Å². The van der Waals surface area contributed by atoms with E-state index >= 15 is 0 Å². The number of aromatic nitrogens is 2. The molecular weight excluding hydrogens is 195 g/mol. The Hall–Kier alpha value is -0.730. The molecule has 0 spiro atoms. The Morgan fingerprint density at radius 1 is 1.33 bits per heavy atom. The van der Waals surface area contributed by atoms with Gasteiger partial charge in [0, 0.05) is 0 Å². The quantitative estimate of drug-likeness (QED) is 0.609. The lowest BCUT2D eigenvalue weighted by Crippen LogP contribution is -3.00. The van der Waals surface area contributed by atoms with Gasteiger partial charge >= 0.3 is 0 Å². The molecule has 0 amide bonds. The van der Waals surface area contributed by atoms with Gasteiger partial charge in [0.05, 0.1) is 16.9 Å². The van der Waals surface area contributed by atoms with Crippen molar-refractivity contribution in [2.24, 2.45) is 0 Å². The zero-order valence-corrected chi connectivity index (χ0v) is 7.73. The Bertz CT molecular complexity index is 337. The zero-order valence-electron chi connectivity index (χ0n) is 6.22. The second-order valence-electron chi connectivity index (χ2n) is 2.33. The van der Waals surface area contributed by atoms with E-state index in [2.05, 4.69) is 9.97 Å². The number of imidazole rings is 1. The summed E-state index contributed by atoms with van der Waals surface area (Å²) in [6.07, 6.45) is 0. The number of para-hydroxylation sites is 2. The van der Waals surface area contributed by atoms with Crippen LogP contribution in [0.25, 0.3) is 11.0 Å². The summed E-state index contributed by atoms with van der Waals surface area (Å²) in [6, 6.07) is 7.87. The Kier molecular flexibility index (Phi) is 2.95.